The largest absolute Gasteiger partial charge is 0.255 e. The van der Waals surface area contributed by atoms with E-state index >= 15 is 0 Å². The molecule has 0 fully saturated rings. The smallest absolute Gasteiger partial charge is 0.149 e. The van der Waals surface area contributed by atoms with Gasteiger partial charge in [-0.05, 0) is 79.4 Å². The molecule has 0 aliphatic carbocycles. The highest BCUT2D eigenvalue weighted by atomic mass is 32.2. The van der Waals surface area contributed by atoms with Crippen molar-refractivity contribution in [2.75, 3.05) is 6.26 Å². The van der Waals surface area contributed by atoms with Gasteiger partial charge in [0.2, 0.25) is 0 Å². The van der Waals surface area contributed by atoms with Gasteiger partial charge >= 0.3 is 0 Å². The molecule has 7 rings (SSSR count). The van der Waals surface area contributed by atoms with Gasteiger partial charge in [0.05, 0.1) is 4.21 Å². The van der Waals surface area contributed by atoms with Crippen LogP contribution in [-0.2, 0) is 0 Å². The zero-order valence-electron chi connectivity index (χ0n) is 26.5. The Morgan fingerprint density at radius 1 is 0.545 bits per heavy atom. The topological polar surface area (TPSA) is 0 Å². The van der Waals surface area contributed by atoms with E-state index in [4.69, 9.17) is 0 Å². The second-order valence-corrected chi connectivity index (χ2v) is 19.4. The molecule has 5 heteroatoms. The average molecular weight is 641 g/mol. The molecule has 0 amide bonds. The molecular formula is C39H37BS3Si. The number of thiophene rings is 2. The molecule has 0 atom stereocenters. The third-order valence-corrected chi connectivity index (χ3v) is 18.2. The van der Waals surface area contributed by atoms with E-state index in [0.717, 1.165) is 0 Å². The second kappa shape index (κ2) is 11.4. The van der Waals surface area contributed by atoms with Gasteiger partial charge in [-0.2, -0.15) is 0 Å². The standard InChI is InChI=1S/C39H37BS3Si/c1-24-18-26(3)36(27(4)19-24)40(37-28(5)20-25(2)21-29(37)6)34-22-32-38(42-34)39-33(23-35(41-7)43-39)44(32,30-14-10-8-11-15-30)31-16-12-9-13-17-31/h8-23H,1-7H3. The Bertz CT molecular complexity index is 1880. The zero-order chi connectivity index (χ0) is 30.7. The van der Waals surface area contributed by atoms with Crippen LogP contribution < -0.4 is 36.4 Å². The fourth-order valence-electron chi connectivity index (χ4n) is 7.95. The lowest BCUT2D eigenvalue weighted by molar-refractivity contribution is 1.34. The van der Waals surface area contributed by atoms with Gasteiger partial charge in [-0.15, -0.1) is 34.4 Å². The molecule has 218 valence electrons. The summed E-state index contributed by atoms with van der Waals surface area (Å²) in [5.41, 5.74) is 11.1. The van der Waals surface area contributed by atoms with Crippen molar-refractivity contribution >= 4 is 85.7 Å². The van der Waals surface area contributed by atoms with Gasteiger partial charge in [-0.1, -0.05) is 135 Å². The minimum atomic E-state index is -2.51. The Morgan fingerprint density at radius 3 is 1.43 bits per heavy atom. The maximum absolute atomic E-state index is 2.65. The predicted octanol–water partition coefficient (Wildman–Crippen LogP) is 6.26. The average Bonchev–Trinajstić information content (AvgIpc) is 3.67. The summed E-state index contributed by atoms with van der Waals surface area (Å²) in [4.78, 5) is 2.99. The highest BCUT2D eigenvalue weighted by molar-refractivity contribution is 8.00. The molecule has 0 spiro atoms. The molecule has 2 aromatic heterocycles. The third kappa shape index (κ3) is 4.55. The first-order valence-corrected chi connectivity index (χ1v) is 20.2. The number of aryl methyl sites for hydroxylation is 6. The lowest BCUT2D eigenvalue weighted by Gasteiger charge is -2.30. The van der Waals surface area contributed by atoms with E-state index in [1.54, 1.807) is 10.4 Å². The van der Waals surface area contributed by atoms with E-state index in [9.17, 15) is 0 Å². The summed E-state index contributed by atoms with van der Waals surface area (Å²) >= 11 is 5.94. The van der Waals surface area contributed by atoms with E-state index in [0.29, 0.717) is 0 Å². The minimum Gasteiger partial charge on any atom is -0.149 e. The van der Waals surface area contributed by atoms with Crippen molar-refractivity contribution in [2.45, 2.75) is 45.8 Å². The third-order valence-electron chi connectivity index (χ3n) is 9.43. The molecular weight excluding hydrogens is 604 g/mol. The molecule has 0 radical (unpaired) electrons. The number of thioether (sulfide) groups is 1. The van der Waals surface area contributed by atoms with Crippen LogP contribution in [0.5, 0.6) is 0 Å². The molecule has 0 bridgehead atoms. The molecule has 0 saturated carbocycles. The van der Waals surface area contributed by atoms with E-state index in [-0.39, 0.29) is 6.71 Å². The summed E-state index contributed by atoms with van der Waals surface area (Å²) in [6.07, 6.45) is 2.22. The fourth-order valence-corrected chi connectivity index (χ4v) is 17.5. The highest BCUT2D eigenvalue weighted by Crippen LogP contribution is 2.40. The van der Waals surface area contributed by atoms with Gasteiger partial charge in [-0.25, -0.2) is 0 Å². The molecule has 0 nitrogen and oxygen atoms in total. The van der Waals surface area contributed by atoms with Gasteiger partial charge in [-0.3, -0.25) is 0 Å². The van der Waals surface area contributed by atoms with Gasteiger partial charge in [0.1, 0.15) is 0 Å². The van der Waals surface area contributed by atoms with Crippen LogP contribution in [0.1, 0.15) is 33.4 Å². The first-order valence-electron chi connectivity index (χ1n) is 15.3. The number of rotatable bonds is 6. The molecule has 3 heterocycles. The van der Waals surface area contributed by atoms with Crippen LogP contribution in [0.25, 0.3) is 9.75 Å². The molecule has 1 aliphatic rings. The second-order valence-electron chi connectivity index (χ2n) is 12.4. The summed E-state index contributed by atoms with van der Waals surface area (Å²) in [5.74, 6) is 0. The fraction of sp³-hybridized carbons (Fsp3) is 0.179. The maximum Gasteiger partial charge on any atom is 0.255 e. The van der Waals surface area contributed by atoms with Crippen molar-refractivity contribution in [3.63, 3.8) is 0 Å². The molecule has 44 heavy (non-hydrogen) atoms. The summed E-state index contributed by atoms with van der Waals surface area (Å²) in [6, 6.07) is 37.6. The summed E-state index contributed by atoms with van der Waals surface area (Å²) < 4.78 is 2.87. The van der Waals surface area contributed by atoms with Crippen molar-refractivity contribution in [1.82, 2.24) is 0 Å². The van der Waals surface area contributed by atoms with Gasteiger partial charge in [0.25, 0.3) is 6.71 Å². The number of hydrogen-bond acceptors (Lipinski definition) is 3. The van der Waals surface area contributed by atoms with Crippen molar-refractivity contribution in [1.29, 1.82) is 0 Å². The lowest BCUT2D eigenvalue weighted by atomic mass is 9.37. The highest BCUT2D eigenvalue weighted by Gasteiger charge is 2.51. The van der Waals surface area contributed by atoms with Gasteiger partial charge in [0.15, 0.2) is 8.07 Å². The zero-order valence-corrected chi connectivity index (χ0v) is 30.0. The van der Waals surface area contributed by atoms with Crippen molar-refractivity contribution < 1.29 is 0 Å². The predicted molar refractivity (Wildman–Crippen MR) is 203 cm³/mol. The van der Waals surface area contributed by atoms with Crippen LogP contribution in [0.4, 0.5) is 0 Å². The van der Waals surface area contributed by atoms with Gasteiger partial charge < -0.3 is 0 Å². The number of fused-ring (bicyclic) bond motifs is 3. The van der Waals surface area contributed by atoms with Crippen LogP contribution in [0.2, 0.25) is 0 Å². The van der Waals surface area contributed by atoms with Crippen LogP contribution in [0, 0.1) is 41.5 Å². The quantitative estimate of drug-likeness (QED) is 0.153. The molecule has 0 saturated heterocycles. The van der Waals surface area contributed by atoms with Crippen molar-refractivity contribution in [3.8, 4) is 9.75 Å². The van der Waals surface area contributed by atoms with Crippen molar-refractivity contribution in [3.05, 3.63) is 130 Å². The SMILES string of the molecule is CSc1cc2c(s1)-c1sc(B(c3c(C)cc(C)cc3C)c3c(C)cc(C)cc3C)cc1[Si]2(c1ccccc1)c1ccccc1. The van der Waals surface area contributed by atoms with Crippen LogP contribution in [-0.4, -0.2) is 21.0 Å². The Morgan fingerprint density at radius 2 is 0.977 bits per heavy atom. The van der Waals surface area contributed by atoms with E-state index in [1.165, 1.54) is 73.4 Å². The molecule has 0 N–H and O–H groups in total. The molecule has 1 aliphatic heterocycles. The molecule has 4 aromatic carbocycles. The number of benzene rings is 4. The van der Waals surface area contributed by atoms with E-state index < -0.39 is 8.07 Å². The molecule has 0 unspecified atom stereocenters. The first kappa shape index (κ1) is 29.6. The summed E-state index contributed by atoms with van der Waals surface area (Å²) in [5, 5.41) is 6.09. The summed E-state index contributed by atoms with van der Waals surface area (Å²) in [7, 11) is -2.51. The Balaban J connectivity index is 1.58. The molecule has 6 aromatic rings. The Kier molecular flexibility index (Phi) is 7.65. The monoisotopic (exact) mass is 640 g/mol. The Labute approximate surface area is 276 Å². The van der Waals surface area contributed by atoms with Gasteiger partial charge in [0, 0.05) is 9.75 Å². The van der Waals surface area contributed by atoms with Crippen LogP contribution in [0.3, 0.4) is 0 Å². The minimum absolute atomic E-state index is 0.188. The summed E-state index contributed by atoms with van der Waals surface area (Å²) in [6.45, 7) is 13.9. The lowest BCUT2D eigenvalue weighted by Crippen LogP contribution is -2.72. The maximum atomic E-state index is 2.65. The Hall–Kier alpha value is -3.09. The normalized spacial score (nSPS) is 13.2. The van der Waals surface area contributed by atoms with E-state index in [1.807, 2.05) is 23.1 Å². The van der Waals surface area contributed by atoms with Crippen LogP contribution in [0.15, 0.2) is 101 Å². The van der Waals surface area contributed by atoms with E-state index in [2.05, 4.69) is 156 Å². The van der Waals surface area contributed by atoms with Crippen molar-refractivity contribution in [2.24, 2.45) is 0 Å². The van der Waals surface area contributed by atoms with Crippen LogP contribution >= 0.6 is 34.4 Å². The number of hydrogen-bond donors (Lipinski definition) is 0. The first-order chi connectivity index (χ1) is 21.2.